The second-order valence-corrected chi connectivity index (χ2v) is 8.05. The number of rotatable bonds is 3. The standard InChI is InChI=1S/C18H32O5/c1-5-10-21-15-12(3)14-7-6-11(2)13-8-9-17(4,19)23-16(22-15)18(13,14)20/h11-16,19-20H,5-10H2,1-4H3/t11-,12-,13?,14?,15?,16-,17?,18-/m1/s1. The first kappa shape index (κ1) is 17.6. The number of aliphatic hydroxyl groups is 2. The quantitative estimate of drug-likeness (QED) is 0.833. The Kier molecular flexibility index (Phi) is 4.80. The molecule has 8 atom stereocenters. The average molecular weight is 328 g/mol. The summed E-state index contributed by atoms with van der Waals surface area (Å²) in [6.45, 7) is 8.66. The molecule has 3 fully saturated rings. The van der Waals surface area contributed by atoms with Crippen molar-refractivity contribution in [2.45, 2.75) is 83.8 Å². The topological polar surface area (TPSA) is 68.2 Å². The molecule has 0 radical (unpaired) electrons. The van der Waals surface area contributed by atoms with Gasteiger partial charge in [0.15, 0.2) is 18.4 Å². The SMILES string of the molecule is CCCOC1O[C@@H]2OC(C)(O)CCC3[C@H](C)CCC([C@H]1C)[C@]32O. The van der Waals surface area contributed by atoms with Crippen LogP contribution in [0.3, 0.4) is 0 Å². The second-order valence-electron chi connectivity index (χ2n) is 8.05. The monoisotopic (exact) mass is 328 g/mol. The predicted octanol–water partition coefficient (Wildman–Crippen LogP) is 2.64. The van der Waals surface area contributed by atoms with Gasteiger partial charge in [0.1, 0.15) is 5.60 Å². The highest BCUT2D eigenvalue weighted by Gasteiger charge is 2.63. The summed E-state index contributed by atoms with van der Waals surface area (Å²) in [6, 6.07) is 0. The molecule has 1 saturated carbocycles. The van der Waals surface area contributed by atoms with Gasteiger partial charge in [-0.1, -0.05) is 20.8 Å². The van der Waals surface area contributed by atoms with Gasteiger partial charge in [0, 0.05) is 24.9 Å². The van der Waals surface area contributed by atoms with Crippen LogP contribution in [0, 0.1) is 23.7 Å². The van der Waals surface area contributed by atoms with E-state index >= 15 is 0 Å². The molecule has 3 rings (SSSR count). The molecule has 3 aliphatic rings. The Bertz CT molecular complexity index is 426. The van der Waals surface area contributed by atoms with Crippen molar-refractivity contribution in [2.75, 3.05) is 6.61 Å². The average Bonchev–Trinajstić information content (AvgIpc) is 2.58. The zero-order valence-electron chi connectivity index (χ0n) is 14.8. The smallest absolute Gasteiger partial charge is 0.193 e. The maximum Gasteiger partial charge on any atom is 0.193 e. The number of hydrogen-bond donors (Lipinski definition) is 2. The van der Waals surface area contributed by atoms with Crippen LogP contribution in [0.2, 0.25) is 0 Å². The summed E-state index contributed by atoms with van der Waals surface area (Å²) in [5.74, 6) is -0.574. The Morgan fingerprint density at radius 3 is 2.57 bits per heavy atom. The van der Waals surface area contributed by atoms with E-state index in [1.807, 2.05) is 0 Å². The lowest BCUT2D eigenvalue weighted by Crippen LogP contribution is -2.67. The Labute approximate surface area is 139 Å². The summed E-state index contributed by atoms with van der Waals surface area (Å²) in [5, 5.41) is 22.1. The molecule has 2 N–H and O–H groups in total. The van der Waals surface area contributed by atoms with E-state index in [0.717, 1.165) is 25.7 Å². The third kappa shape index (κ3) is 2.95. The molecular weight excluding hydrogens is 296 g/mol. The molecule has 134 valence electrons. The second kappa shape index (κ2) is 6.26. The minimum atomic E-state index is -1.27. The van der Waals surface area contributed by atoms with Crippen molar-refractivity contribution < 1.29 is 24.4 Å². The Morgan fingerprint density at radius 2 is 1.87 bits per heavy atom. The molecule has 5 heteroatoms. The molecule has 0 spiro atoms. The molecule has 0 aromatic carbocycles. The van der Waals surface area contributed by atoms with Gasteiger partial charge in [0.25, 0.3) is 0 Å². The molecule has 23 heavy (non-hydrogen) atoms. The molecule has 2 saturated heterocycles. The van der Waals surface area contributed by atoms with Gasteiger partial charge < -0.3 is 24.4 Å². The van der Waals surface area contributed by atoms with Crippen molar-refractivity contribution in [3.05, 3.63) is 0 Å². The lowest BCUT2D eigenvalue weighted by atomic mass is 9.58. The lowest BCUT2D eigenvalue weighted by molar-refractivity contribution is -0.408. The van der Waals surface area contributed by atoms with E-state index < -0.39 is 17.7 Å². The van der Waals surface area contributed by atoms with Crippen LogP contribution in [-0.2, 0) is 14.2 Å². The first-order valence-electron chi connectivity index (χ1n) is 9.19. The maximum atomic E-state index is 11.7. The van der Waals surface area contributed by atoms with E-state index in [2.05, 4.69) is 20.8 Å². The summed E-state index contributed by atoms with van der Waals surface area (Å²) >= 11 is 0. The van der Waals surface area contributed by atoms with Gasteiger partial charge >= 0.3 is 0 Å². The first-order valence-corrected chi connectivity index (χ1v) is 9.19. The maximum absolute atomic E-state index is 11.7. The van der Waals surface area contributed by atoms with Crippen LogP contribution in [0.25, 0.3) is 0 Å². The van der Waals surface area contributed by atoms with Gasteiger partial charge in [0.05, 0.1) is 0 Å². The van der Waals surface area contributed by atoms with Gasteiger partial charge in [-0.15, -0.1) is 0 Å². The van der Waals surface area contributed by atoms with Gasteiger partial charge in [-0.25, -0.2) is 0 Å². The van der Waals surface area contributed by atoms with E-state index in [4.69, 9.17) is 14.2 Å². The van der Waals surface area contributed by atoms with Crippen molar-refractivity contribution in [2.24, 2.45) is 23.7 Å². The summed E-state index contributed by atoms with van der Waals surface area (Å²) in [4.78, 5) is 0. The van der Waals surface area contributed by atoms with Crippen molar-refractivity contribution in [1.82, 2.24) is 0 Å². The molecule has 0 aromatic rings. The van der Waals surface area contributed by atoms with Crippen LogP contribution in [0.4, 0.5) is 0 Å². The zero-order chi connectivity index (χ0) is 16.8. The van der Waals surface area contributed by atoms with Crippen LogP contribution in [0.1, 0.15) is 59.8 Å². The third-order valence-corrected chi connectivity index (χ3v) is 6.27. The van der Waals surface area contributed by atoms with Crippen molar-refractivity contribution in [3.8, 4) is 0 Å². The third-order valence-electron chi connectivity index (χ3n) is 6.27. The molecule has 2 aliphatic heterocycles. The van der Waals surface area contributed by atoms with Gasteiger partial charge in [0.2, 0.25) is 0 Å². The molecule has 0 bridgehead atoms. The Morgan fingerprint density at radius 1 is 1.13 bits per heavy atom. The molecular formula is C18H32O5. The number of ether oxygens (including phenoxy) is 3. The van der Waals surface area contributed by atoms with E-state index in [0.29, 0.717) is 18.9 Å². The largest absolute Gasteiger partial charge is 0.384 e. The normalized spacial score (nSPS) is 53.5. The minimum absolute atomic E-state index is 0.0817. The van der Waals surface area contributed by atoms with Crippen LogP contribution < -0.4 is 0 Å². The molecule has 0 aromatic heterocycles. The van der Waals surface area contributed by atoms with Crippen LogP contribution in [0.5, 0.6) is 0 Å². The van der Waals surface area contributed by atoms with Crippen LogP contribution >= 0.6 is 0 Å². The summed E-state index contributed by atoms with van der Waals surface area (Å²) in [7, 11) is 0. The summed E-state index contributed by atoms with van der Waals surface area (Å²) < 4.78 is 17.8. The van der Waals surface area contributed by atoms with E-state index in [9.17, 15) is 10.2 Å². The highest BCUT2D eigenvalue weighted by Crippen LogP contribution is 2.55. The molecule has 4 unspecified atom stereocenters. The first-order chi connectivity index (χ1) is 10.8. The fraction of sp³-hybridized carbons (Fsp3) is 1.00. The fourth-order valence-electron chi connectivity index (χ4n) is 4.96. The molecule has 5 nitrogen and oxygen atoms in total. The number of hydrogen-bond acceptors (Lipinski definition) is 5. The zero-order valence-corrected chi connectivity index (χ0v) is 14.8. The Hall–Kier alpha value is -0.200. The van der Waals surface area contributed by atoms with E-state index in [-0.39, 0.29) is 24.0 Å². The molecule has 1 aliphatic carbocycles. The van der Waals surface area contributed by atoms with E-state index in [1.165, 1.54) is 0 Å². The lowest BCUT2D eigenvalue weighted by Gasteiger charge is -2.57. The molecule has 0 amide bonds. The Balaban J connectivity index is 1.93. The van der Waals surface area contributed by atoms with Crippen molar-refractivity contribution >= 4 is 0 Å². The van der Waals surface area contributed by atoms with Gasteiger partial charge in [-0.05, 0) is 44.4 Å². The highest BCUT2D eigenvalue weighted by molar-refractivity contribution is 5.06. The van der Waals surface area contributed by atoms with E-state index in [1.54, 1.807) is 6.92 Å². The molecule has 2 heterocycles. The summed E-state index contributed by atoms with van der Waals surface area (Å²) in [5.41, 5.74) is -1.04. The van der Waals surface area contributed by atoms with Crippen LogP contribution in [0.15, 0.2) is 0 Å². The van der Waals surface area contributed by atoms with Gasteiger partial charge in [-0.3, -0.25) is 0 Å². The van der Waals surface area contributed by atoms with Crippen molar-refractivity contribution in [3.63, 3.8) is 0 Å². The minimum Gasteiger partial charge on any atom is -0.384 e. The van der Waals surface area contributed by atoms with Gasteiger partial charge in [-0.2, -0.15) is 0 Å². The van der Waals surface area contributed by atoms with Crippen molar-refractivity contribution in [1.29, 1.82) is 0 Å². The highest BCUT2D eigenvalue weighted by atomic mass is 16.8. The van der Waals surface area contributed by atoms with Crippen LogP contribution in [-0.4, -0.2) is 40.8 Å². The fourth-order valence-corrected chi connectivity index (χ4v) is 4.96. The predicted molar refractivity (Wildman–Crippen MR) is 85.3 cm³/mol. The summed E-state index contributed by atoms with van der Waals surface area (Å²) in [6.07, 6.45) is 3.04.